The first-order valence-corrected chi connectivity index (χ1v) is 8.54. The van der Waals surface area contributed by atoms with Gasteiger partial charge in [-0.15, -0.1) is 0 Å². The molecule has 1 heterocycles. The van der Waals surface area contributed by atoms with Crippen LogP contribution < -0.4 is 5.32 Å². The lowest BCUT2D eigenvalue weighted by Crippen LogP contribution is -2.63. The number of nitrogens with zero attached hydrogens (tertiary/aromatic N) is 1. The van der Waals surface area contributed by atoms with Gasteiger partial charge in [0.15, 0.2) is 0 Å². The Labute approximate surface area is 132 Å². The molecule has 1 aromatic heterocycles. The van der Waals surface area contributed by atoms with Crippen molar-refractivity contribution in [2.75, 3.05) is 6.61 Å². The molecular formula is C18H26N2O2. The van der Waals surface area contributed by atoms with Crippen LogP contribution >= 0.6 is 0 Å². The highest BCUT2D eigenvalue weighted by molar-refractivity contribution is 5.76. The van der Waals surface area contributed by atoms with Crippen molar-refractivity contribution in [2.24, 2.45) is 5.41 Å². The van der Waals surface area contributed by atoms with E-state index in [1.54, 1.807) is 12.4 Å². The second-order valence-corrected chi connectivity index (χ2v) is 6.60. The summed E-state index contributed by atoms with van der Waals surface area (Å²) < 4.78 is 5.90. The molecule has 2 saturated carbocycles. The van der Waals surface area contributed by atoms with Crippen molar-refractivity contribution in [3.8, 4) is 0 Å². The van der Waals surface area contributed by atoms with Gasteiger partial charge < -0.3 is 10.1 Å². The number of hydrogen-bond donors (Lipinski definition) is 1. The van der Waals surface area contributed by atoms with E-state index in [1.165, 1.54) is 31.2 Å². The number of amides is 1. The zero-order chi connectivity index (χ0) is 15.4. The molecule has 0 radical (unpaired) electrons. The van der Waals surface area contributed by atoms with Crippen LogP contribution in [0.15, 0.2) is 24.5 Å². The van der Waals surface area contributed by atoms with Gasteiger partial charge in [0.05, 0.1) is 6.10 Å². The molecule has 120 valence electrons. The lowest BCUT2D eigenvalue weighted by Gasteiger charge is -2.54. The van der Waals surface area contributed by atoms with Crippen LogP contribution in [0, 0.1) is 5.41 Å². The first-order valence-electron chi connectivity index (χ1n) is 8.54. The molecule has 1 aromatic rings. The van der Waals surface area contributed by atoms with E-state index in [0.717, 1.165) is 19.4 Å². The van der Waals surface area contributed by atoms with Gasteiger partial charge in [0.25, 0.3) is 0 Å². The van der Waals surface area contributed by atoms with Crippen LogP contribution in [0.25, 0.3) is 0 Å². The number of rotatable bonds is 6. The zero-order valence-corrected chi connectivity index (χ0v) is 13.4. The van der Waals surface area contributed by atoms with E-state index in [9.17, 15) is 4.79 Å². The molecule has 0 aliphatic heterocycles. The Bertz CT molecular complexity index is 497. The van der Waals surface area contributed by atoms with E-state index in [2.05, 4.69) is 17.2 Å². The predicted octanol–water partition coefficient (Wildman–Crippen LogP) is 2.87. The fraction of sp³-hybridized carbons (Fsp3) is 0.667. The monoisotopic (exact) mass is 302 g/mol. The van der Waals surface area contributed by atoms with Crippen molar-refractivity contribution < 1.29 is 9.53 Å². The van der Waals surface area contributed by atoms with Gasteiger partial charge in [0.2, 0.25) is 5.91 Å². The van der Waals surface area contributed by atoms with Gasteiger partial charge in [-0.3, -0.25) is 9.78 Å². The Morgan fingerprint density at radius 1 is 1.36 bits per heavy atom. The third-order valence-electron chi connectivity index (χ3n) is 5.41. The molecule has 0 aromatic carbocycles. The molecule has 2 aliphatic carbocycles. The van der Waals surface area contributed by atoms with Crippen molar-refractivity contribution in [3.63, 3.8) is 0 Å². The summed E-state index contributed by atoms with van der Waals surface area (Å²) >= 11 is 0. The molecule has 2 unspecified atom stereocenters. The maximum absolute atomic E-state index is 12.3. The molecule has 3 rings (SSSR count). The van der Waals surface area contributed by atoms with Crippen molar-refractivity contribution >= 4 is 5.91 Å². The summed E-state index contributed by atoms with van der Waals surface area (Å²) in [6.07, 6.45) is 11.2. The highest BCUT2D eigenvalue weighted by Gasteiger charge is 2.57. The molecule has 1 N–H and O–H groups in total. The quantitative estimate of drug-likeness (QED) is 0.879. The highest BCUT2D eigenvalue weighted by atomic mass is 16.5. The zero-order valence-electron chi connectivity index (χ0n) is 13.4. The van der Waals surface area contributed by atoms with Crippen molar-refractivity contribution in [3.05, 3.63) is 30.1 Å². The van der Waals surface area contributed by atoms with Crippen molar-refractivity contribution in [2.45, 2.75) is 64.0 Å². The van der Waals surface area contributed by atoms with Crippen molar-refractivity contribution in [1.82, 2.24) is 10.3 Å². The fourth-order valence-electron chi connectivity index (χ4n) is 4.16. The number of aryl methyl sites for hydroxylation is 1. The first-order chi connectivity index (χ1) is 10.7. The van der Waals surface area contributed by atoms with Gasteiger partial charge in [0, 0.05) is 36.9 Å². The topological polar surface area (TPSA) is 51.2 Å². The van der Waals surface area contributed by atoms with E-state index in [-0.39, 0.29) is 11.3 Å². The van der Waals surface area contributed by atoms with Crippen LogP contribution in [0.4, 0.5) is 0 Å². The third kappa shape index (κ3) is 3.02. The van der Waals surface area contributed by atoms with Gasteiger partial charge in [-0.2, -0.15) is 0 Å². The summed E-state index contributed by atoms with van der Waals surface area (Å²) in [7, 11) is 0. The molecule has 1 spiro atoms. The average Bonchev–Trinajstić information content (AvgIpc) is 3.06. The van der Waals surface area contributed by atoms with Gasteiger partial charge in [-0.25, -0.2) is 0 Å². The minimum absolute atomic E-state index is 0.169. The largest absolute Gasteiger partial charge is 0.378 e. The maximum Gasteiger partial charge on any atom is 0.220 e. The highest BCUT2D eigenvalue weighted by Crippen LogP contribution is 2.54. The fourth-order valence-corrected chi connectivity index (χ4v) is 4.16. The van der Waals surface area contributed by atoms with Gasteiger partial charge >= 0.3 is 0 Å². The van der Waals surface area contributed by atoms with Crippen LogP contribution in [-0.2, 0) is 16.0 Å². The van der Waals surface area contributed by atoms with Crippen LogP contribution in [0.5, 0.6) is 0 Å². The lowest BCUT2D eigenvalue weighted by molar-refractivity contribution is -0.144. The Hall–Kier alpha value is -1.42. The number of carbonyl (C=O) groups excluding carboxylic acids is 1. The van der Waals surface area contributed by atoms with Crippen LogP contribution in [0.3, 0.4) is 0 Å². The minimum Gasteiger partial charge on any atom is -0.378 e. The van der Waals surface area contributed by atoms with E-state index >= 15 is 0 Å². The molecule has 0 saturated heterocycles. The standard InChI is InChI=1S/C18H26N2O2/c1-2-22-16-13-15(18(16)9-3-4-10-18)20-17(21)6-5-14-7-11-19-12-8-14/h7-8,11-12,15-16H,2-6,9-10,13H2,1H3,(H,20,21). The Morgan fingerprint density at radius 3 is 2.77 bits per heavy atom. The molecule has 0 bridgehead atoms. The van der Waals surface area contributed by atoms with Crippen molar-refractivity contribution in [1.29, 1.82) is 0 Å². The molecule has 22 heavy (non-hydrogen) atoms. The summed E-state index contributed by atoms with van der Waals surface area (Å²) in [4.78, 5) is 16.3. The minimum atomic E-state index is 0.169. The number of aromatic nitrogens is 1. The van der Waals surface area contributed by atoms with E-state index < -0.39 is 0 Å². The van der Waals surface area contributed by atoms with Crippen LogP contribution in [0.1, 0.15) is 51.0 Å². The normalized spacial score (nSPS) is 25.9. The number of carbonyl (C=O) groups is 1. The number of pyridine rings is 1. The molecule has 4 nitrogen and oxygen atoms in total. The van der Waals surface area contributed by atoms with E-state index in [1.807, 2.05) is 12.1 Å². The number of ether oxygens (including phenoxy) is 1. The predicted molar refractivity (Wildman–Crippen MR) is 85.4 cm³/mol. The summed E-state index contributed by atoms with van der Waals surface area (Å²) in [6.45, 7) is 2.83. The number of hydrogen-bond acceptors (Lipinski definition) is 3. The molecule has 4 heteroatoms. The Kier molecular flexibility index (Phi) is 4.77. The van der Waals surface area contributed by atoms with Crippen LogP contribution in [-0.4, -0.2) is 29.6 Å². The first kappa shape index (κ1) is 15.5. The SMILES string of the molecule is CCOC1CC(NC(=O)CCc2ccncc2)C12CCCC2. The maximum atomic E-state index is 12.3. The summed E-state index contributed by atoms with van der Waals surface area (Å²) in [6, 6.07) is 4.26. The molecule has 2 fully saturated rings. The molecule has 2 aliphatic rings. The average molecular weight is 302 g/mol. The van der Waals surface area contributed by atoms with E-state index in [4.69, 9.17) is 4.74 Å². The third-order valence-corrected chi connectivity index (χ3v) is 5.41. The summed E-state index contributed by atoms with van der Waals surface area (Å²) in [5, 5.41) is 3.27. The Morgan fingerprint density at radius 2 is 2.09 bits per heavy atom. The number of nitrogens with one attached hydrogen (secondary N) is 1. The Balaban J connectivity index is 1.51. The second kappa shape index (κ2) is 6.78. The lowest BCUT2D eigenvalue weighted by atomic mass is 9.60. The van der Waals surface area contributed by atoms with Crippen LogP contribution in [0.2, 0.25) is 0 Å². The molecule has 2 atom stereocenters. The molecule has 1 amide bonds. The molecular weight excluding hydrogens is 276 g/mol. The second-order valence-electron chi connectivity index (χ2n) is 6.60. The summed E-state index contributed by atoms with van der Waals surface area (Å²) in [5.74, 6) is 0.169. The van der Waals surface area contributed by atoms with E-state index in [0.29, 0.717) is 18.6 Å². The summed E-state index contributed by atoms with van der Waals surface area (Å²) in [5.41, 5.74) is 1.39. The van der Waals surface area contributed by atoms with Gasteiger partial charge in [-0.1, -0.05) is 12.8 Å². The van der Waals surface area contributed by atoms with Gasteiger partial charge in [0.1, 0.15) is 0 Å². The van der Waals surface area contributed by atoms with Gasteiger partial charge in [-0.05, 0) is 50.3 Å². The smallest absolute Gasteiger partial charge is 0.220 e.